The molecule has 0 aromatic heterocycles. The smallest absolute Gasteiger partial charge is 0.240 e. The molecule has 3 N–H and O–H groups in total. The van der Waals surface area contributed by atoms with Crippen molar-refractivity contribution in [2.24, 2.45) is 11.7 Å². The van der Waals surface area contributed by atoms with Gasteiger partial charge in [0.1, 0.15) is 4.99 Å². The molecule has 4 nitrogen and oxygen atoms in total. The van der Waals surface area contributed by atoms with E-state index < -0.39 is 10.0 Å². The molecule has 1 aromatic rings. The molecule has 0 radical (unpaired) electrons. The third-order valence-corrected chi connectivity index (χ3v) is 5.04. The molecule has 2 unspecified atom stereocenters. The number of benzene rings is 1. The molecule has 2 rings (SSSR count). The van der Waals surface area contributed by atoms with Crippen molar-refractivity contribution in [3.8, 4) is 0 Å². The fourth-order valence-electron chi connectivity index (χ4n) is 2.17. The van der Waals surface area contributed by atoms with E-state index in [4.69, 9.17) is 18.0 Å². The minimum Gasteiger partial charge on any atom is -0.389 e. The van der Waals surface area contributed by atoms with Crippen molar-refractivity contribution in [1.29, 1.82) is 0 Å². The maximum absolute atomic E-state index is 12.2. The van der Waals surface area contributed by atoms with Crippen LogP contribution in [0.5, 0.6) is 0 Å². The molecule has 0 amide bonds. The van der Waals surface area contributed by atoms with Gasteiger partial charge in [-0.2, -0.15) is 0 Å². The average molecular weight is 298 g/mol. The summed E-state index contributed by atoms with van der Waals surface area (Å²) in [5.41, 5.74) is 6.09. The summed E-state index contributed by atoms with van der Waals surface area (Å²) in [6.07, 6.45) is 3.09. The van der Waals surface area contributed by atoms with Crippen LogP contribution >= 0.6 is 12.2 Å². The van der Waals surface area contributed by atoms with Gasteiger partial charge in [0.05, 0.1) is 4.90 Å². The molecule has 1 aliphatic rings. The Balaban J connectivity index is 2.12. The van der Waals surface area contributed by atoms with Gasteiger partial charge in [-0.05, 0) is 30.9 Å². The van der Waals surface area contributed by atoms with E-state index in [1.165, 1.54) is 6.07 Å². The molecular weight excluding hydrogens is 280 g/mol. The van der Waals surface area contributed by atoms with Crippen LogP contribution in [0, 0.1) is 5.92 Å². The van der Waals surface area contributed by atoms with E-state index in [-0.39, 0.29) is 15.9 Å². The van der Waals surface area contributed by atoms with Crippen molar-refractivity contribution in [3.05, 3.63) is 29.8 Å². The van der Waals surface area contributed by atoms with Crippen LogP contribution in [0.3, 0.4) is 0 Å². The molecular formula is C13H18N2O2S2. The standard InChI is InChI=1S/C13H18N2O2S2/c1-2-4-9-8-12(9)15-19(16,17)11-6-3-5-10(7-11)13(14)18/h3,5-7,9,12,15H,2,4,8H2,1H3,(H2,14,18). The number of rotatable bonds is 6. The van der Waals surface area contributed by atoms with Crippen LogP contribution in [0.25, 0.3) is 0 Å². The molecule has 1 saturated carbocycles. The van der Waals surface area contributed by atoms with E-state index in [2.05, 4.69) is 11.6 Å². The van der Waals surface area contributed by atoms with Crippen molar-refractivity contribution < 1.29 is 8.42 Å². The Bertz CT molecular complexity index is 584. The predicted octanol–water partition coefficient (Wildman–Crippen LogP) is 1.79. The van der Waals surface area contributed by atoms with Crippen molar-refractivity contribution in [1.82, 2.24) is 4.72 Å². The lowest BCUT2D eigenvalue weighted by Gasteiger charge is -2.07. The van der Waals surface area contributed by atoms with Crippen molar-refractivity contribution >= 4 is 27.2 Å². The molecule has 1 aliphatic carbocycles. The molecule has 1 aromatic carbocycles. The summed E-state index contributed by atoms with van der Waals surface area (Å²) in [4.78, 5) is 0.423. The molecule has 2 atom stereocenters. The third kappa shape index (κ3) is 3.52. The zero-order valence-electron chi connectivity index (χ0n) is 10.8. The number of thiocarbonyl (C=S) groups is 1. The van der Waals surface area contributed by atoms with Crippen molar-refractivity contribution in [2.45, 2.75) is 37.1 Å². The van der Waals surface area contributed by atoms with E-state index in [1.807, 2.05) is 0 Å². The lowest BCUT2D eigenvalue weighted by molar-refractivity contribution is 0.573. The lowest BCUT2D eigenvalue weighted by Crippen LogP contribution is -2.27. The van der Waals surface area contributed by atoms with Crippen LogP contribution in [0.1, 0.15) is 31.7 Å². The van der Waals surface area contributed by atoms with Gasteiger partial charge < -0.3 is 5.73 Å². The first-order valence-electron chi connectivity index (χ1n) is 6.36. The number of hydrogen-bond acceptors (Lipinski definition) is 3. The van der Waals surface area contributed by atoms with E-state index in [0.717, 1.165) is 19.3 Å². The highest BCUT2D eigenvalue weighted by molar-refractivity contribution is 7.89. The van der Waals surface area contributed by atoms with E-state index >= 15 is 0 Å². The Labute approximate surface area is 119 Å². The van der Waals surface area contributed by atoms with Crippen LogP contribution in [-0.2, 0) is 10.0 Å². The fraction of sp³-hybridized carbons (Fsp3) is 0.462. The summed E-state index contributed by atoms with van der Waals surface area (Å²) in [6, 6.07) is 6.51. The van der Waals surface area contributed by atoms with E-state index in [0.29, 0.717) is 11.5 Å². The second-order valence-corrected chi connectivity index (χ2v) is 7.06. The van der Waals surface area contributed by atoms with Gasteiger partial charge in [-0.25, -0.2) is 13.1 Å². The fourth-order valence-corrected chi connectivity index (χ4v) is 3.66. The highest BCUT2D eigenvalue weighted by atomic mass is 32.2. The first kappa shape index (κ1) is 14.4. The molecule has 0 bridgehead atoms. The van der Waals surface area contributed by atoms with Gasteiger partial charge >= 0.3 is 0 Å². The number of sulfonamides is 1. The molecule has 6 heteroatoms. The summed E-state index contributed by atoms with van der Waals surface area (Å²) in [7, 11) is -3.47. The summed E-state index contributed by atoms with van der Waals surface area (Å²) in [5, 5.41) is 0. The highest BCUT2D eigenvalue weighted by Gasteiger charge is 2.39. The molecule has 0 heterocycles. The van der Waals surface area contributed by atoms with Crippen LogP contribution in [0.15, 0.2) is 29.2 Å². The normalized spacial score (nSPS) is 22.2. The maximum Gasteiger partial charge on any atom is 0.240 e. The van der Waals surface area contributed by atoms with Gasteiger partial charge in [0.2, 0.25) is 10.0 Å². The molecule has 104 valence electrons. The zero-order chi connectivity index (χ0) is 14.0. The Hall–Kier alpha value is -0.980. The highest BCUT2D eigenvalue weighted by Crippen LogP contribution is 2.35. The number of nitrogens with two attached hydrogens (primary N) is 1. The lowest BCUT2D eigenvalue weighted by atomic mass is 10.2. The third-order valence-electron chi connectivity index (χ3n) is 3.32. The summed E-state index contributed by atoms with van der Waals surface area (Å²) >= 11 is 4.86. The summed E-state index contributed by atoms with van der Waals surface area (Å²) in [6.45, 7) is 2.11. The molecule has 0 saturated heterocycles. The molecule has 1 fully saturated rings. The van der Waals surface area contributed by atoms with Gasteiger partial charge in [-0.15, -0.1) is 0 Å². The maximum atomic E-state index is 12.2. The molecule has 19 heavy (non-hydrogen) atoms. The topological polar surface area (TPSA) is 72.2 Å². The van der Waals surface area contributed by atoms with Gasteiger partial charge in [0.25, 0.3) is 0 Å². The van der Waals surface area contributed by atoms with E-state index in [9.17, 15) is 8.42 Å². The Morgan fingerprint density at radius 3 is 2.89 bits per heavy atom. The summed E-state index contributed by atoms with van der Waals surface area (Å²) < 4.78 is 27.2. The van der Waals surface area contributed by atoms with Gasteiger partial charge in [-0.1, -0.05) is 37.7 Å². The van der Waals surface area contributed by atoms with Crippen LogP contribution in [0.4, 0.5) is 0 Å². The zero-order valence-corrected chi connectivity index (χ0v) is 12.4. The van der Waals surface area contributed by atoms with Gasteiger partial charge in [-0.3, -0.25) is 0 Å². The summed E-state index contributed by atoms with van der Waals surface area (Å²) in [5.74, 6) is 0.485. The van der Waals surface area contributed by atoms with Gasteiger partial charge in [0.15, 0.2) is 0 Å². The minimum atomic E-state index is -3.47. The largest absolute Gasteiger partial charge is 0.389 e. The monoisotopic (exact) mass is 298 g/mol. The van der Waals surface area contributed by atoms with Crippen molar-refractivity contribution in [3.63, 3.8) is 0 Å². The second kappa shape index (κ2) is 5.56. The first-order valence-corrected chi connectivity index (χ1v) is 8.25. The predicted molar refractivity (Wildman–Crippen MR) is 79.5 cm³/mol. The average Bonchev–Trinajstić information content (AvgIpc) is 3.07. The van der Waals surface area contributed by atoms with Crippen molar-refractivity contribution in [2.75, 3.05) is 0 Å². The van der Waals surface area contributed by atoms with Crippen LogP contribution < -0.4 is 10.5 Å². The Kier molecular flexibility index (Phi) is 4.23. The second-order valence-electron chi connectivity index (χ2n) is 4.90. The van der Waals surface area contributed by atoms with Crippen LogP contribution in [-0.4, -0.2) is 19.4 Å². The number of hydrogen-bond donors (Lipinski definition) is 2. The Morgan fingerprint density at radius 2 is 2.26 bits per heavy atom. The van der Waals surface area contributed by atoms with Gasteiger partial charge in [0, 0.05) is 11.6 Å². The SMILES string of the molecule is CCCC1CC1NS(=O)(=O)c1cccc(C(N)=S)c1. The number of nitrogens with one attached hydrogen (secondary N) is 1. The molecule has 0 spiro atoms. The Morgan fingerprint density at radius 1 is 1.53 bits per heavy atom. The molecule has 0 aliphatic heterocycles. The van der Waals surface area contributed by atoms with Crippen LogP contribution in [0.2, 0.25) is 0 Å². The first-order chi connectivity index (χ1) is 8.94. The van der Waals surface area contributed by atoms with E-state index in [1.54, 1.807) is 18.2 Å². The minimum absolute atomic E-state index is 0.0819. The quantitative estimate of drug-likeness (QED) is 0.785.